The summed E-state index contributed by atoms with van der Waals surface area (Å²) in [5.41, 5.74) is 0. The molecule has 1 heterocycles. The van der Waals surface area contributed by atoms with E-state index in [9.17, 15) is 8.42 Å². The topological polar surface area (TPSA) is 77.1 Å². The van der Waals surface area contributed by atoms with Crippen LogP contribution in [-0.4, -0.2) is 67.4 Å². The highest BCUT2D eigenvalue weighted by molar-refractivity contribution is 7.89. The third kappa shape index (κ3) is 4.83. The third-order valence-electron chi connectivity index (χ3n) is 4.20. The summed E-state index contributed by atoms with van der Waals surface area (Å²) in [6.07, 6.45) is 0.974. The average Bonchev–Trinajstić information content (AvgIpc) is 3.05. The van der Waals surface area contributed by atoms with E-state index in [0.29, 0.717) is 30.6 Å². The fraction of sp³-hybridized carbons (Fsp3) is 0.625. The molecular formula is C16H26N2O5S. The molecule has 24 heavy (non-hydrogen) atoms. The Labute approximate surface area is 143 Å². The first kappa shape index (κ1) is 19.0. The second-order valence-electron chi connectivity index (χ2n) is 5.82. The predicted molar refractivity (Wildman–Crippen MR) is 91.2 cm³/mol. The van der Waals surface area contributed by atoms with Crippen molar-refractivity contribution in [2.24, 2.45) is 5.92 Å². The molecule has 0 radical (unpaired) electrons. The van der Waals surface area contributed by atoms with E-state index in [1.165, 1.54) is 20.3 Å². The molecular weight excluding hydrogens is 332 g/mol. The SMILES string of the molecule is COCCN1CCC(CNS(=O)(=O)c2cc(OC)ccc2OC)C1. The van der Waals surface area contributed by atoms with Crippen molar-refractivity contribution >= 4 is 10.0 Å². The molecule has 1 aliphatic heterocycles. The zero-order valence-corrected chi connectivity index (χ0v) is 15.3. The van der Waals surface area contributed by atoms with E-state index in [2.05, 4.69) is 9.62 Å². The van der Waals surface area contributed by atoms with E-state index in [0.717, 1.165) is 26.1 Å². The Bertz CT molecular complexity index is 635. The number of ether oxygens (including phenoxy) is 3. The van der Waals surface area contributed by atoms with Crippen LogP contribution in [0.3, 0.4) is 0 Å². The van der Waals surface area contributed by atoms with Crippen molar-refractivity contribution in [2.45, 2.75) is 11.3 Å². The largest absolute Gasteiger partial charge is 0.497 e. The number of benzene rings is 1. The highest BCUT2D eigenvalue weighted by Gasteiger charge is 2.26. The summed E-state index contributed by atoms with van der Waals surface area (Å²) in [4.78, 5) is 2.38. The van der Waals surface area contributed by atoms with Crippen LogP contribution >= 0.6 is 0 Å². The summed E-state index contributed by atoms with van der Waals surface area (Å²) in [7, 11) is 0.977. The monoisotopic (exact) mass is 358 g/mol. The van der Waals surface area contributed by atoms with Crippen LogP contribution in [0.2, 0.25) is 0 Å². The van der Waals surface area contributed by atoms with Gasteiger partial charge in [0, 0.05) is 32.8 Å². The Morgan fingerprint density at radius 3 is 2.71 bits per heavy atom. The van der Waals surface area contributed by atoms with Crippen LogP contribution in [0.1, 0.15) is 6.42 Å². The molecule has 1 atom stereocenters. The highest BCUT2D eigenvalue weighted by atomic mass is 32.2. The van der Waals surface area contributed by atoms with Crippen LogP contribution in [0.15, 0.2) is 23.1 Å². The maximum atomic E-state index is 12.6. The number of rotatable bonds is 9. The lowest BCUT2D eigenvalue weighted by Crippen LogP contribution is -2.32. The number of hydrogen-bond donors (Lipinski definition) is 1. The van der Waals surface area contributed by atoms with Crippen LogP contribution in [-0.2, 0) is 14.8 Å². The van der Waals surface area contributed by atoms with Gasteiger partial charge in [-0.2, -0.15) is 0 Å². The van der Waals surface area contributed by atoms with Gasteiger partial charge in [0.15, 0.2) is 0 Å². The van der Waals surface area contributed by atoms with Crippen molar-refractivity contribution in [3.8, 4) is 11.5 Å². The van der Waals surface area contributed by atoms with Gasteiger partial charge in [-0.3, -0.25) is 0 Å². The van der Waals surface area contributed by atoms with Crippen LogP contribution in [0.5, 0.6) is 11.5 Å². The number of methoxy groups -OCH3 is 3. The van der Waals surface area contributed by atoms with Crippen molar-refractivity contribution in [1.29, 1.82) is 0 Å². The van der Waals surface area contributed by atoms with Gasteiger partial charge < -0.3 is 19.1 Å². The normalized spacial score (nSPS) is 18.7. The Hall–Kier alpha value is -1.35. The fourth-order valence-corrected chi connectivity index (χ4v) is 4.10. The van der Waals surface area contributed by atoms with Gasteiger partial charge in [0.1, 0.15) is 16.4 Å². The molecule has 1 aromatic carbocycles. The molecule has 1 unspecified atom stereocenters. The van der Waals surface area contributed by atoms with E-state index >= 15 is 0 Å². The van der Waals surface area contributed by atoms with Gasteiger partial charge in [-0.05, 0) is 31.0 Å². The first-order chi connectivity index (χ1) is 11.5. The van der Waals surface area contributed by atoms with Crippen molar-refractivity contribution in [3.63, 3.8) is 0 Å². The molecule has 0 aliphatic carbocycles. The summed E-state index contributed by atoms with van der Waals surface area (Å²) in [5, 5.41) is 0. The van der Waals surface area contributed by atoms with Gasteiger partial charge in [0.25, 0.3) is 0 Å². The van der Waals surface area contributed by atoms with E-state index in [-0.39, 0.29) is 4.90 Å². The molecule has 0 aromatic heterocycles. The zero-order valence-electron chi connectivity index (χ0n) is 14.4. The van der Waals surface area contributed by atoms with Crippen LogP contribution < -0.4 is 14.2 Å². The minimum absolute atomic E-state index is 0.0959. The molecule has 1 fully saturated rings. The smallest absolute Gasteiger partial charge is 0.244 e. The Morgan fingerprint density at radius 1 is 1.25 bits per heavy atom. The molecule has 0 saturated carbocycles. The Kier molecular flexibility index (Phi) is 6.85. The summed E-state index contributed by atoms with van der Waals surface area (Å²) in [6.45, 7) is 3.83. The molecule has 1 aromatic rings. The highest BCUT2D eigenvalue weighted by Crippen LogP contribution is 2.28. The summed E-state index contributed by atoms with van der Waals surface area (Å²) in [5.74, 6) is 1.08. The van der Waals surface area contributed by atoms with E-state index < -0.39 is 10.0 Å². The standard InChI is InChI=1S/C16H26N2O5S/c1-21-9-8-18-7-6-13(12-18)11-17-24(19,20)16-10-14(22-2)4-5-15(16)23-3/h4-5,10,13,17H,6-9,11-12H2,1-3H3. The third-order valence-corrected chi connectivity index (χ3v) is 5.65. The quantitative estimate of drug-likeness (QED) is 0.708. The lowest BCUT2D eigenvalue weighted by Gasteiger charge is -2.16. The first-order valence-electron chi connectivity index (χ1n) is 7.93. The van der Waals surface area contributed by atoms with Crippen molar-refractivity contribution in [2.75, 3.05) is 54.1 Å². The Balaban J connectivity index is 1.99. The lowest BCUT2D eigenvalue weighted by molar-refractivity contribution is 0.159. The minimum atomic E-state index is -3.66. The molecule has 1 saturated heterocycles. The second-order valence-corrected chi connectivity index (χ2v) is 7.55. The lowest BCUT2D eigenvalue weighted by atomic mass is 10.1. The molecule has 2 rings (SSSR count). The molecule has 1 N–H and O–H groups in total. The van der Waals surface area contributed by atoms with Gasteiger partial charge in [0.05, 0.1) is 20.8 Å². The number of sulfonamides is 1. The molecule has 0 spiro atoms. The number of nitrogens with zero attached hydrogens (tertiary/aromatic N) is 1. The molecule has 136 valence electrons. The van der Waals surface area contributed by atoms with E-state index in [1.54, 1.807) is 19.2 Å². The summed E-state index contributed by atoms with van der Waals surface area (Å²) >= 11 is 0. The van der Waals surface area contributed by atoms with E-state index in [4.69, 9.17) is 14.2 Å². The maximum Gasteiger partial charge on any atom is 0.244 e. The van der Waals surface area contributed by atoms with Crippen molar-refractivity contribution in [1.82, 2.24) is 9.62 Å². The van der Waals surface area contributed by atoms with Crippen LogP contribution in [0, 0.1) is 5.92 Å². The molecule has 0 bridgehead atoms. The zero-order chi connectivity index (χ0) is 17.6. The molecule has 1 aliphatic rings. The first-order valence-corrected chi connectivity index (χ1v) is 9.41. The van der Waals surface area contributed by atoms with Crippen molar-refractivity contribution < 1.29 is 22.6 Å². The predicted octanol–water partition coefficient (Wildman–Crippen LogP) is 0.950. The van der Waals surface area contributed by atoms with Gasteiger partial charge in [-0.15, -0.1) is 0 Å². The molecule has 7 nitrogen and oxygen atoms in total. The summed E-state index contributed by atoms with van der Waals surface area (Å²) in [6, 6.07) is 4.73. The average molecular weight is 358 g/mol. The number of nitrogens with one attached hydrogen (secondary N) is 1. The second kappa shape index (κ2) is 8.66. The number of hydrogen-bond acceptors (Lipinski definition) is 6. The van der Waals surface area contributed by atoms with Crippen molar-refractivity contribution in [3.05, 3.63) is 18.2 Å². The van der Waals surface area contributed by atoms with Gasteiger partial charge in [-0.25, -0.2) is 13.1 Å². The van der Waals surface area contributed by atoms with Gasteiger partial charge >= 0.3 is 0 Å². The van der Waals surface area contributed by atoms with Gasteiger partial charge in [0.2, 0.25) is 10.0 Å². The minimum Gasteiger partial charge on any atom is -0.497 e. The van der Waals surface area contributed by atoms with E-state index in [1.807, 2.05) is 0 Å². The summed E-state index contributed by atoms with van der Waals surface area (Å²) < 4.78 is 43.3. The van der Waals surface area contributed by atoms with Crippen LogP contribution in [0.4, 0.5) is 0 Å². The maximum absolute atomic E-state index is 12.6. The van der Waals surface area contributed by atoms with Crippen LogP contribution in [0.25, 0.3) is 0 Å². The molecule has 8 heteroatoms. The fourth-order valence-electron chi connectivity index (χ4n) is 2.80. The van der Waals surface area contributed by atoms with Gasteiger partial charge in [-0.1, -0.05) is 0 Å². The Morgan fingerprint density at radius 2 is 2.04 bits per heavy atom. The molecule has 0 amide bonds. The number of likely N-dealkylation sites (tertiary alicyclic amines) is 1.